The summed E-state index contributed by atoms with van der Waals surface area (Å²) in [6.45, 7) is 2.44. The summed E-state index contributed by atoms with van der Waals surface area (Å²) < 4.78 is 0. The highest BCUT2D eigenvalue weighted by atomic mass is 30.0. The molecule has 0 aliphatic rings. The third-order valence-electron chi connectivity index (χ3n) is 1.96. The van der Waals surface area contributed by atoms with Gasteiger partial charge in [0.1, 0.15) is 0 Å². The van der Waals surface area contributed by atoms with Crippen LogP contribution in [0, 0.1) is 0 Å². The van der Waals surface area contributed by atoms with E-state index in [0.717, 1.165) is 51.3 Å². The molecule has 0 aliphatic heterocycles. The molecule has 0 unspecified atom stereocenters. The fourth-order valence-corrected chi connectivity index (χ4v) is 211. The van der Waals surface area contributed by atoms with Crippen molar-refractivity contribution < 1.29 is 0 Å². The van der Waals surface area contributed by atoms with Crippen LogP contribution in [0.2, 0.25) is 6.04 Å². The van der Waals surface area contributed by atoms with Gasteiger partial charge in [0.2, 0.25) is 0 Å². The van der Waals surface area contributed by atoms with E-state index in [2.05, 4.69) is 6.92 Å². The standard InChI is InChI=1S/C2H22Si8/c1-2-4-6-8-10-9-7-5-3/h2,4-10H2,1,3H3. The summed E-state index contributed by atoms with van der Waals surface area (Å²) in [5.74, 6) is 0. The number of hydrogen-bond donors (Lipinski definition) is 0. The zero-order valence-corrected chi connectivity index (χ0v) is 19.6. The van der Waals surface area contributed by atoms with Gasteiger partial charge in [-0.05, 0) is 61.1 Å². The van der Waals surface area contributed by atoms with Gasteiger partial charge in [0.25, 0.3) is 0 Å². The van der Waals surface area contributed by atoms with Crippen LogP contribution >= 0.6 is 0 Å². The molecule has 0 nitrogen and oxygen atoms in total. The van der Waals surface area contributed by atoms with Crippen LogP contribution in [-0.2, 0) is 0 Å². The van der Waals surface area contributed by atoms with Crippen LogP contribution < -0.4 is 0 Å². The van der Waals surface area contributed by atoms with Crippen LogP contribution in [0.3, 0.4) is 0 Å². The first-order valence-corrected chi connectivity index (χ1v) is 35.6. The van der Waals surface area contributed by atoms with Crippen molar-refractivity contribution in [2.24, 2.45) is 0 Å². The van der Waals surface area contributed by atoms with E-state index >= 15 is 0 Å². The molecule has 0 atom stereocenters. The summed E-state index contributed by atoms with van der Waals surface area (Å²) in [6.07, 6.45) is 0. The Balaban J connectivity index is 2.65. The SMILES string of the molecule is CC[SiH2][SiH2][SiH2][SiH2][SiH2][SiH2][SiH2][SiH3]. The molecule has 0 N–H and O–H groups in total. The van der Waals surface area contributed by atoms with Crippen LogP contribution in [0.15, 0.2) is 0 Å². The Bertz CT molecular complexity index is 47.2. The van der Waals surface area contributed by atoms with Crippen LogP contribution in [0.4, 0.5) is 0 Å². The first-order chi connectivity index (χ1) is 4.91. The zero-order chi connectivity index (χ0) is 7.66. The summed E-state index contributed by atoms with van der Waals surface area (Å²) in [5.41, 5.74) is 0. The second kappa shape index (κ2) is 10.7. The van der Waals surface area contributed by atoms with Crippen LogP contribution in [0.1, 0.15) is 6.92 Å². The molecular weight excluding hydrogens is 249 g/mol. The van der Waals surface area contributed by atoms with E-state index in [0.29, 0.717) is 9.04 Å². The smallest absolute Gasteiger partial charge is 0.00430 e. The van der Waals surface area contributed by atoms with E-state index in [1.165, 1.54) is 0 Å². The van der Waals surface area contributed by atoms with Crippen molar-refractivity contribution >= 4 is 70.1 Å². The molecule has 62 valence electrons. The lowest BCUT2D eigenvalue weighted by Crippen LogP contribution is -2.28. The van der Waals surface area contributed by atoms with Gasteiger partial charge in [-0.3, -0.25) is 0 Å². The second-order valence-corrected chi connectivity index (χ2v) is 65.9. The van der Waals surface area contributed by atoms with E-state index in [1.807, 2.05) is 0 Å². The molecule has 0 aromatic rings. The van der Waals surface area contributed by atoms with E-state index in [1.54, 1.807) is 15.8 Å². The maximum Gasteiger partial charge on any atom is 0.00430 e. The zero-order valence-electron chi connectivity index (χ0n) is 7.66. The first kappa shape index (κ1) is 11.7. The van der Waals surface area contributed by atoms with Crippen molar-refractivity contribution in [3.63, 3.8) is 0 Å². The van der Waals surface area contributed by atoms with Crippen molar-refractivity contribution in [2.45, 2.75) is 13.0 Å². The van der Waals surface area contributed by atoms with Crippen LogP contribution in [0.5, 0.6) is 0 Å². The summed E-state index contributed by atoms with van der Waals surface area (Å²) >= 11 is 0. The molecule has 10 heavy (non-hydrogen) atoms. The Labute approximate surface area is 82.8 Å². The van der Waals surface area contributed by atoms with Crippen molar-refractivity contribution in [1.82, 2.24) is 0 Å². The highest BCUT2D eigenvalue weighted by Crippen LogP contribution is 1.67. The average Bonchev–Trinajstić information content (AvgIpc) is 1.97. The van der Waals surface area contributed by atoms with Gasteiger partial charge in [0.15, 0.2) is 0 Å². The Morgan fingerprint density at radius 1 is 1.00 bits per heavy atom. The molecule has 0 amide bonds. The van der Waals surface area contributed by atoms with E-state index in [9.17, 15) is 0 Å². The van der Waals surface area contributed by atoms with Gasteiger partial charge in [-0.1, -0.05) is 13.0 Å². The second-order valence-electron chi connectivity index (χ2n) is 3.12. The van der Waals surface area contributed by atoms with Crippen molar-refractivity contribution in [3.05, 3.63) is 0 Å². The third-order valence-corrected chi connectivity index (χ3v) is 120. The molecule has 0 aromatic carbocycles. The lowest BCUT2D eigenvalue weighted by molar-refractivity contribution is 1.47. The minimum absolute atomic E-state index is 0.680. The summed E-state index contributed by atoms with van der Waals surface area (Å²) in [4.78, 5) is 0. The maximum atomic E-state index is 2.44. The highest BCUT2D eigenvalue weighted by Gasteiger charge is 1.91. The molecule has 0 radical (unpaired) electrons. The largest absolute Gasteiger partial charge is 0.0685 e. The molecule has 0 fully saturated rings. The highest BCUT2D eigenvalue weighted by molar-refractivity contribution is 7.64. The van der Waals surface area contributed by atoms with Crippen LogP contribution in [0.25, 0.3) is 0 Å². The summed E-state index contributed by atoms with van der Waals surface area (Å²) in [5, 5.41) is 0. The Hall–Kier alpha value is 1.74. The van der Waals surface area contributed by atoms with Gasteiger partial charge in [-0.15, -0.1) is 0 Å². The van der Waals surface area contributed by atoms with Gasteiger partial charge in [-0.2, -0.15) is 0 Å². The molecule has 0 aromatic heterocycles. The molecule has 0 saturated carbocycles. The first-order valence-electron chi connectivity index (χ1n) is 4.91. The van der Waals surface area contributed by atoms with E-state index in [-0.39, 0.29) is 0 Å². The number of rotatable bonds is 7. The summed E-state index contributed by atoms with van der Waals surface area (Å²) in [6, 6.07) is 1.67. The molecule has 0 saturated heterocycles. The quantitative estimate of drug-likeness (QED) is 0.319. The monoisotopic (exact) mass is 270 g/mol. The predicted molar refractivity (Wildman–Crippen MR) is 80.2 cm³/mol. The number of hydrogen-bond acceptors (Lipinski definition) is 0. The molecule has 0 rings (SSSR count). The normalized spacial score (nSPS) is 18.9. The van der Waals surface area contributed by atoms with Crippen LogP contribution in [-0.4, -0.2) is 70.1 Å². The Kier molecular flexibility index (Phi) is 12.6. The van der Waals surface area contributed by atoms with Gasteiger partial charge in [0.05, 0.1) is 0 Å². The van der Waals surface area contributed by atoms with Crippen molar-refractivity contribution in [2.75, 3.05) is 0 Å². The van der Waals surface area contributed by atoms with Gasteiger partial charge < -0.3 is 0 Å². The minimum Gasteiger partial charge on any atom is -0.0685 e. The minimum atomic E-state index is 0.680. The van der Waals surface area contributed by atoms with Gasteiger partial charge in [0, 0.05) is 9.04 Å². The topological polar surface area (TPSA) is 0 Å². The molecule has 0 spiro atoms. The predicted octanol–water partition coefficient (Wildman–Crippen LogP) is -6.62. The maximum absolute atomic E-state index is 2.44. The summed E-state index contributed by atoms with van der Waals surface area (Å²) in [7, 11) is 7.45. The molecule has 0 bridgehead atoms. The lowest BCUT2D eigenvalue weighted by atomic mass is 11.0. The average molecular weight is 271 g/mol. The van der Waals surface area contributed by atoms with Crippen molar-refractivity contribution in [3.8, 4) is 0 Å². The van der Waals surface area contributed by atoms with E-state index in [4.69, 9.17) is 0 Å². The van der Waals surface area contributed by atoms with Gasteiger partial charge in [-0.25, -0.2) is 0 Å². The fourth-order valence-electron chi connectivity index (χ4n) is 1.21. The Morgan fingerprint density at radius 2 is 1.60 bits per heavy atom. The molecule has 0 heterocycles. The van der Waals surface area contributed by atoms with Crippen molar-refractivity contribution in [1.29, 1.82) is 0 Å². The fraction of sp³-hybridized carbons (Fsp3) is 1.00. The Morgan fingerprint density at radius 3 is 2.20 bits per heavy atom. The van der Waals surface area contributed by atoms with Gasteiger partial charge >= 0.3 is 0 Å². The van der Waals surface area contributed by atoms with E-state index < -0.39 is 0 Å². The molecular formula is C2H22Si8. The third kappa shape index (κ3) is 9.74. The molecule has 0 aliphatic carbocycles. The lowest BCUT2D eigenvalue weighted by Gasteiger charge is -1.93. The molecule has 8 heteroatoms.